The Morgan fingerprint density at radius 3 is 2.36 bits per heavy atom. The maximum Gasteiger partial charge on any atom is 0.418 e. The molecule has 1 amide bonds. The molecule has 0 saturated heterocycles. The second-order valence-corrected chi connectivity index (χ2v) is 5.99. The van der Waals surface area contributed by atoms with Crippen LogP contribution in [0, 0.1) is 10.1 Å². The zero-order valence-electron chi connectivity index (χ0n) is 12.7. The number of non-ortho nitro benzene ring substituents is 1. The number of rotatable bonds is 6. The number of benzene rings is 2. The number of nitro benzene ring substituents is 1. The van der Waals surface area contributed by atoms with Gasteiger partial charge in [0.2, 0.25) is 5.91 Å². The van der Waals surface area contributed by atoms with Crippen molar-refractivity contribution in [1.82, 2.24) is 0 Å². The number of hydrogen-bond donors (Lipinski definition) is 1. The van der Waals surface area contributed by atoms with E-state index in [4.69, 9.17) is 0 Å². The average molecular weight is 370 g/mol. The van der Waals surface area contributed by atoms with E-state index < -0.39 is 22.6 Å². The Bertz CT molecular complexity index is 764. The molecule has 2 rings (SSSR count). The van der Waals surface area contributed by atoms with Gasteiger partial charge >= 0.3 is 6.18 Å². The predicted octanol–water partition coefficient (Wildman–Crippen LogP) is 4.49. The first-order chi connectivity index (χ1) is 11.8. The molecule has 132 valence electrons. The van der Waals surface area contributed by atoms with E-state index in [9.17, 15) is 28.1 Å². The van der Waals surface area contributed by atoms with Gasteiger partial charge in [-0.2, -0.15) is 13.2 Å². The lowest BCUT2D eigenvalue weighted by Crippen LogP contribution is -2.18. The number of carbonyl (C=O) groups excluding carboxylic acids is 1. The molecule has 2 aromatic carbocycles. The van der Waals surface area contributed by atoms with Crippen LogP contribution in [0.4, 0.5) is 24.5 Å². The monoisotopic (exact) mass is 370 g/mol. The zero-order chi connectivity index (χ0) is 18.4. The fourth-order valence-corrected chi connectivity index (χ4v) is 2.79. The van der Waals surface area contributed by atoms with E-state index in [2.05, 4.69) is 5.32 Å². The molecule has 0 heterocycles. The van der Waals surface area contributed by atoms with Gasteiger partial charge in [0.25, 0.3) is 5.69 Å². The van der Waals surface area contributed by atoms with Gasteiger partial charge in [-0.15, -0.1) is 11.8 Å². The van der Waals surface area contributed by atoms with Crippen molar-refractivity contribution in [1.29, 1.82) is 0 Å². The van der Waals surface area contributed by atoms with Crippen LogP contribution in [0.3, 0.4) is 0 Å². The second kappa shape index (κ2) is 8.02. The summed E-state index contributed by atoms with van der Waals surface area (Å²) >= 11 is 1.20. The third-order valence-electron chi connectivity index (χ3n) is 3.16. The molecule has 0 atom stereocenters. The first-order valence-electron chi connectivity index (χ1n) is 7.04. The van der Waals surface area contributed by atoms with Crippen LogP contribution >= 0.6 is 11.8 Å². The Hall–Kier alpha value is -2.55. The molecule has 0 saturated carbocycles. The summed E-state index contributed by atoms with van der Waals surface area (Å²) in [6.07, 6.45) is -4.55. The summed E-state index contributed by atoms with van der Waals surface area (Å²) in [4.78, 5) is 21.9. The fourth-order valence-electron chi connectivity index (χ4n) is 2.00. The highest BCUT2D eigenvalue weighted by Gasteiger charge is 2.33. The summed E-state index contributed by atoms with van der Waals surface area (Å²) in [7, 11) is 0. The number of alkyl halides is 3. The van der Waals surface area contributed by atoms with Crippen LogP contribution in [-0.4, -0.2) is 16.6 Å². The van der Waals surface area contributed by atoms with E-state index in [0.717, 1.165) is 11.6 Å². The smallest absolute Gasteiger partial charge is 0.325 e. The maximum atomic E-state index is 12.9. The maximum absolute atomic E-state index is 12.9. The molecule has 0 aliphatic rings. The van der Waals surface area contributed by atoms with Crippen molar-refractivity contribution >= 4 is 29.0 Å². The van der Waals surface area contributed by atoms with Gasteiger partial charge in [-0.3, -0.25) is 14.9 Å². The minimum absolute atomic E-state index is 0.0322. The van der Waals surface area contributed by atoms with Crippen LogP contribution in [0.5, 0.6) is 0 Å². The molecular formula is C16H13F3N2O3S. The Morgan fingerprint density at radius 1 is 1.12 bits per heavy atom. The van der Waals surface area contributed by atoms with E-state index in [0.29, 0.717) is 5.75 Å². The number of para-hydroxylation sites is 1. The van der Waals surface area contributed by atoms with E-state index in [1.54, 1.807) is 12.1 Å². The summed E-state index contributed by atoms with van der Waals surface area (Å²) in [5.74, 6) is -0.182. The molecule has 5 nitrogen and oxygen atoms in total. The minimum Gasteiger partial charge on any atom is -0.325 e. The fraction of sp³-hybridized carbons (Fsp3) is 0.188. The van der Waals surface area contributed by atoms with Crippen molar-refractivity contribution in [3.8, 4) is 0 Å². The zero-order valence-corrected chi connectivity index (χ0v) is 13.6. The van der Waals surface area contributed by atoms with Gasteiger partial charge in [-0.25, -0.2) is 0 Å². The van der Waals surface area contributed by atoms with Gasteiger partial charge in [-0.05, 0) is 17.7 Å². The van der Waals surface area contributed by atoms with Gasteiger partial charge in [0.15, 0.2) is 0 Å². The average Bonchev–Trinajstić information content (AvgIpc) is 2.55. The van der Waals surface area contributed by atoms with Crippen LogP contribution in [0.2, 0.25) is 0 Å². The molecule has 0 unspecified atom stereocenters. The summed E-state index contributed by atoms with van der Waals surface area (Å²) in [6.45, 7) is 0. The number of hydrogen-bond acceptors (Lipinski definition) is 4. The number of nitrogens with one attached hydrogen (secondary N) is 1. The molecule has 9 heteroatoms. The molecule has 2 aromatic rings. The van der Waals surface area contributed by atoms with Crippen molar-refractivity contribution in [2.24, 2.45) is 0 Å². The van der Waals surface area contributed by atoms with E-state index in [1.165, 1.54) is 42.1 Å². The topological polar surface area (TPSA) is 72.2 Å². The Balaban J connectivity index is 1.88. The third kappa shape index (κ3) is 5.49. The standard InChI is InChI=1S/C16H13F3N2O3S/c17-16(18,19)13-3-1-2-4-14(13)20-15(22)10-25-9-11-5-7-12(8-6-11)21(23)24/h1-8H,9-10H2,(H,20,22). The first-order valence-corrected chi connectivity index (χ1v) is 8.20. The van der Waals surface area contributed by atoms with Gasteiger partial charge in [0.05, 0.1) is 21.9 Å². The lowest BCUT2D eigenvalue weighted by atomic mass is 10.1. The van der Waals surface area contributed by atoms with Crippen molar-refractivity contribution in [3.05, 3.63) is 69.8 Å². The molecule has 25 heavy (non-hydrogen) atoms. The lowest BCUT2D eigenvalue weighted by Gasteiger charge is -2.13. The number of halogens is 3. The van der Waals surface area contributed by atoms with Crippen molar-refractivity contribution < 1.29 is 22.9 Å². The normalized spacial score (nSPS) is 11.2. The van der Waals surface area contributed by atoms with E-state index in [1.807, 2.05) is 0 Å². The van der Waals surface area contributed by atoms with Crippen LogP contribution < -0.4 is 5.32 Å². The molecule has 0 aliphatic heterocycles. The molecule has 0 bridgehead atoms. The molecule has 0 radical (unpaired) electrons. The Labute approximate surface area is 145 Å². The highest BCUT2D eigenvalue weighted by Crippen LogP contribution is 2.34. The first kappa shape index (κ1) is 18.8. The summed E-state index contributed by atoms with van der Waals surface area (Å²) in [6, 6.07) is 10.6. The van der Waals surface area contributed by atoms with Crippen molar-refractivity contribution in [2.45, 2.75) is 11.9 Å². The SMILES string of the molecule is O=C(CSCc1ccc([N+](=O)[O-])cc1)Nc1ccccc1C(F)(F)F. The largest absolute Gasteiger partial charge is 0.418 e. The van der Waals surface area contributed by atoms with Crippen LogP contribution in [0.15, 0.2) is 48.5 Å². The van der Waals surface area contributed by atoms with Crippen LogP contribution in [0.1, 0.15) is 11.1 Å². The summed E-state index contributed by atoms with van der Waals surface area (Å²) in [5.41, 5.74) is -0.436. The van der Waals surface area contributed by atoms with Gasteiger partial charge in [0, 0.05) is 17.9 Å². The molecule has 0 fully saturated rings. The highest BCUT2D eigenvalue weighted by atomic mass is 32.2. The predicted molar refractivity (Wildman–Crippen MR) is 89.3 cm³/mol. The minimum atomic E-state index is -4.55. The summed E-state index contributed by atoms with van der Waals surface area (Å²) in [5, 5.41) is 12.8. The number of nitro groups is 1. The Kier molecular flexibility index (Phi) is 6.02. The number of anilines is 1. The molecular weight excluding hydrogens is 357 g/mol. The number of nitrogens with zero attached hydrogens (tertiary/aromatic N) is 1. The van der Waals surface area contributed by atoms with E-state index in [-0.39, 0.29) is 17.1 Å². The molecule has 0 aliphatic carbocycles. The lowest BCUT2D eigenvalue weighted by molar-refractivity contribution is -0.384. The third-order valence-corrected chi connectivity index (χ3v) is 4.16. The van der Waals surface area contributed by atoms with Crippen LogP contribution in [-0.2, 0) is 16.7 Å². The van der Waals surface area contributed by atoms with Crippen LogP contribution in [0.25, 0.3) is 0 Å². The van der Waals surface area contributed by atoms with E-state index >= 15 is 0 Å². The van der Waals surface area contributed by atoms with Crippen molar-refractivity contribution in [2.75, 3.05) is 11.1 Å². The van der Waals surface area contributed by atoms with Gasteiger partial charge < -0.3 is 5.32 Å². The molecule has 0 spiro atoms. The van der Waals surface area contributed by atoms with Gasteiger partial charge in [0.1, 0.15) is 0 Å². The highest BCUT2D eigenvalue weighted by molar-refractivity contribution is 7.99. The Morgan fingerprint density at radius 2 is 1.76 bits per heavy atom. The second-order valence-electron chi connectivity index (χ2n) is 5.01. The quantitative estimate of drug-likeness (QED) is 0.601. The van der Waals surface area contributed by atoms with Gasteiger partial charge in [-0.1, -0.05) is 24.3 Å². The number of amides is 1. The molecule has 1 N–H and O–H groups in total. The van der Waals surface area contributed by atoms with Crippen molar-refractivity contribution in [3.63, 3.8) is 0 Å². The molecule has 0 aromatic heterocycles. The number of thioether (sulfide) groups is 1. The number of carbonyl (C=O) groups is 1. The summed E-state index contributed by atoms with van der Waals surface area (Å²) < 4.78 is 38.6.